The Balaban J connectivity index is 0.00000192. The fraction of sp³-hybridized carbons (Fsp3) is 0.938. The van der Waals surface area contributed by atoms with Crippen molar-refractivity contribution in [3.63, 3.8) is 0 Å². The number of hydrogen-bond acceptors (Lipinski definition) is 4. The Morgan fingerprint density at radius 3 is 2.70 bits per heavy atom. The lowest BCUT2D eigenvalue weighted by atomic mass is 10.1. The first-order chi connectivity index (χ1) is 10.8. The Morgan fingerprint density at radius 1 is 1.17 bits per heavy atom. The van der Waals surface area contributed by atoms with Crippen LogP contribution in [-0.2, 0) is 4.74 Å². The first-order valence-corrected chi connectivity index (χ1v) is 8.89. The maximum atomic E-state index is 5.97. The minimum Gasteiger partial charge on any atom is -0.379 e. The van der Waals surface area contributed by atoms with E-state index in [1.807, 2.05) is 0 Å². The predicted octanol–water partition coefficient (Wildman–Crippen LogP) is 0.715. The third kappa shape index (κ3) is 6.72. The van der Waals surface area contributed by atoms with Gasteiger partial charge in [0.25, 0.3) is 0 Å². The van der Waals surface area contributed by atoms with Crippen LogP contribution in [0.25, 0.3) is 0 Å². The number of nitrogens with one attached hydrogen (secondary N) is 1. The molecule has 3 rings (SSSR count). The maximum absolute atomic E-state index is 5.97. The SMILES string of the molecule is I.NC(=NCC1CCN(C2CC2)C1)NCCCN1CCOCC1. The molecule has 0 aromatic rings. The smallest absolute Gasteiger partial charge is 0.188 e. The average Bonchev–Trinajstić information content (AvgIpc) is 3.29. The van der Waals surface area contributed by atoms with Gasteiger partial charge in [0.2, 0.25) is 0 Å². The molecule has 3 fully saturated rings. The Bertz CT molecular complexity index is 371. The fourth-order valence-corrected chi connectivity index (χ4v) is 3.41. The van der Waals surface area contributed by atoms with Gasteiger partial charge in [0.15, 0.2) is 5.96 Å². The molecule has 2 aliphatic heterocycles. The summed E-state index contributed by atoms with van der Waals surface area (Å²) in [6, 6.07) is 0.893. The van der Waals surface area contributed by atoms with Gasteiger partial charge in [-0.1, -0.05) is 0 Å². The van der Waals surface area contributed by atoms with Gasteiger partial charge in [-0.05, 0) is 44.7 Å². The van der Waals surface area contributed by atoms with Crippen molar-refractivity contribution in [2.24, 2.45) is 16.6 Å². The van der Waals surface area contributed by atoms with Gasteiger partial charge in [-0.15, -0.1) is 24.0 Å². The number of guanidine groups is 1. The molecule has 6 nitrogen and oxygen atoms in total. The highest BCUT2D eigenvalue weighted by Crippen LogP contribution is 2.31. The van der Waals surface area contributed by atoms with Crippen LogP contribution in [-0.4, -0.2) is 80.8 Å². The summed E-state index contributed by atoms with van der Waals surface area (Å²) in [5.41, 5.74) is 5.97. The number of ether oxygens (including phenoxy) is 1. The van der Waals surface area contributed by atoms with E-state index in [1.54, 1.807) is 0 Å². The second-order valence-corrected chi connectivity index (χ2v) is 6.84. The van der Waals surface area contributed by atoms with Crippen LogP contribution in [0.3, 0.4) is 0 Å². The van der Waals surface area contributed by atoms with Crippen LogP contribution in [0, 0.1) is 5.92 Å². The van der Waals surface area contributed by atoms with Gasteiger partial charge in [-0.3, -0.25) is 9.89 Å². The lowest BCUT2D eigenvalue weighted by Crippen LogP contribution is -2.39. The molecule has 134 valence electrons. The number of likely N-dealkylation sites (tertiary alicyclic amines) is 1. The molecule has 3 aliphatic rings. The van der Waals surface area contributed by atoms with Gasteiger partial charge in [0, 0.05) is 38.8 Å². The molecule has 0 amide bonds. The summed E-state index contributed by atoms with van der Waals surface area (Å²) in [5.74, 6) is 1.32. The third-order valence-electron chi connectivity index (χ3n) is 4.96. The van der Waals surface area contributed by atoms with E-state index in [-0.39, 0.29) is 24.0 Å². The Labute approximate surface area is 157 Å². The van der Waals surface area contributed by atoms with Crippen LogP contribution in [0.5, 0.6) is 0 Å². The van der Waals surface area contributed by atoms with Crippen LogP contribution in [0.15, 0.2) is 4.99 Å². The Hall–Kier alpha value is -0.120. The predicted molar refractivity (Wildman–Crippen MR) is 104 cm³/mol. The summed E-state index contributed by atoms with van der Waals surface area (Å²) in [7, 11) is 0. The number of nitrogens with two attached hydrogens (primary N) is 1. The molecule has 1 saturated carbocycles. The normalized spacial score (nSPS) is 27.0. The molecular formula is C16H32IN5O. The van der Waals surface area contributed by atoms with Crippen LogP contribution >= 0.6 is 24.0 Å². The van der Waals surface area contributed by atoms with E-state index in [2.05, 4.69) is 20.1 Å². The fourth-order valence-electron chi connectivity index (χ4n) is 3.41. The van der Waals surface area contributed by atoms with Gasteiger partial charge in [-0.2, -0.15) is 0 Å². The molecule has 0 aromatic heterocycles. The van der Waals surface area contributed by atoms with Crippen molar-refractivity contribution in [1.82, 2.24) is 15.1 Å². The van der Waals surface area contributed by atoms with Crippen LogP contribution in [0.4, 0.5) is 0 Å². The van der Waals surface area contributed by atoms with Crippen LogP contribution in [0.1, 0.15) is 25.7 Å². The molecule has 0 spiro atoms. The highest BCUT2D eigenvalue weighted by atomic mass is 127. The molecule has 1 atom stereocenters. The lowest BCUT2D eigenvalue weighted by Gasteiger charge is -2.26. The Kier molecular flexibility index (Phi) is 8.35. The van der Waals surface area contributed by atoms with Gasteiger partial charge in [0.05, 0.1) is 13.2 Å². The van der Waals surface area contributed by atoms with Crippen LogP contribution < -0.4 is 11.1 Å². The van der Waals surface area contributed by atoms with Crippen molar-refractivity contribution < 1.29 is 4.74 Å². The number of hydrogen-bond donors (Lipinski definition) is 2. The Morgan fingerprint density at radius 2 is 1.96 bits per heavy atom. The van der Waals surface area contributed by atoms with E-state index in [9.17, 15) is 0 Å². The summed E-state index contributed by atoms with van der Waals surface area (Å²) in [5, 5.41) is 3.25. The summed E-state index contributed by atoms with van der Waals surface area (Å²) < 4.78 is 5.35. The topological polar surface area (TPSA) is 66.1 Å². The van der Waals surface area contributed by atoms with E-state index in [1.165, 1.54) is 32.4 Å². The van der Waals surface area contributed by atoms with Crippen molar-refractivity contribution in [3.05, 3.63) is 0 Å². The summed E-state index contributed by atoms with van der Waals surface area (Å²) >= 11 is 0. The lowest BCUT2D eigenvalue weighted by molar-refractivity contribution is 0.0376. The molecule has 23 heavy (non-hydrogen) atoms. The van der Waals surface area contributed by atoms with Crippen molar-refractivity contribution in [2.45, 2.75) is 31.7 Å². The molecule has 7 heteroatoms. The first kappa shape index (κ1) is 19.2. The zero-order valence-electron chi connectivity index (χ0n) is 14.1. The van der Waals surface area contributed by atoms with E-state index < -0.39 is 0 Å². The van der Waals surface area contributed by atoms with E-state index in [0.717, 1.165) is 58.4 Å². The van der Waals surface area contributed by atoms with Crippen molar-refractivity contribution in [3.8, 4) is 0 Å². The number of nitrogens with zero attached hydrogens (tertiary/aromatic N) is 3. The molecule has 2 saturated heterocycles. The number of rotatable bonds is 7. The zero-order valence-corrected chi connectivity index (χ0v) is 16.4. The monoisotopic (exact) mass is 437 g/mol. The molecule has 0 bridgehead atoms. The second kappa shape index (κ2) is 10.0. The molecular weight excluding hydrogens is 405 g/mol. The van der Waals surface area contributed by atoms with Crippen molar-refractivity contribution in [2.75, 3.05) is 59.0 Å². The highest BCUT2D eigenvalue weighted by molar-refractivity contribution is 14.0. The third-order valence-corrected chi connectivity index (χ3v) is 4.96. The van der Waals surface area contributed by atoms with Crippen LogP contribution in [0.2, 0.25) is 0 Å². The largest absolute Gasteiger partial charge is 0.379 e. The van der Waals surface area contributed by atoms with Crippen molar-refractivity contribution >= 4 is 29.9 Å². The highest BCUT2D eigenvalue weighted by Gasteiger charge is 2.34. The zero-order chi connectivity index (χ0) is 15.2. The number of aliphatic imine (C=N–C) groups is 1. The second-order valence-electron chi connectivity index (χ2n) is 6.84. The quantitative estimate of drug-likeness (QED) is 0.266. The number of morpholine rings is 1. The first-order valence-electron chi connectivity index (χ1n) is 8.89. The van der Waals surface area contributed by atoms with Gasteiger partial charge in [-0.25, -0.2) is 0 Å². The summed E-state index contributed by atoms with van der Waals surface area (Å²) in [6.07, 6.45) is 5.20. The average molecular weight is 437 g/mol. The molecule has 0 aromatic carbocycles. The minimum atomic E-state index is 0. The number of halogens is 1. The van der Waals surface area contributed by atoms with Gasteiger partial charge >= 0.3 is 0 Å². The van der Waals surface area contributed by atoms with Gasteiger partial charge in [0.1, 0.15) is 0 Å². The van der Waals surface area contributed by atoms with Gasteiger partial charge < -0.3 is 20.7 Å². The molecule has 2 heterocycles. The summed E-state index contributed by atoms with van der Waals surface area (Å²) in [4.78, 5) is 9.61. The van der Waals surface area contributed by atoms with E-state index in [4.69, 9.17) is 10.5 Å². The molecule has 0 radical (unpaired) electrons. The minimum absolute atomic E-state index is 0. The van der Waals surface area contributed by atoms with E-state index >= 15 is 0 Å². The molecule has 1 aliphatic carbocycles. The van der Waals surface area contributed by atoms with E-state index in [0.29, 0.717) is 11.9 Å². The van der Waals surface area contributed by atoms with Crippen molar-refractivity contribution in [1.29, 1.82) is 0 Å². The molecule has 3 N–H and O–H groups in total. The summed E-state index contributed by atoms with van der Waals surface area (Å²) in [6.45, 7) is 9.24. The molecule has 1 unspecified atom stereocenters. The standard InChI is InChI=1S/C16H31N5O.HI/c17-16(18-5-1-6-20-8-10-22-11-9-20)19-12-14-4-7-21(13-14)15-2-3-15;/h14-15H,1-13H2,(H3,17,18,19);1H. The maximum Gasteiger partial charge on any atom is 0.188 e.